The van der Waals surface area contributed by atoms with Crippen molar-refractivity contribution in [2.24, 2.45) is 0 Å². The maximum atomic E-state index is 8.38. The molecule has 0 fully saturated rings. The van der Waals surface area contributed by atoms with Crippen LogP contribution in [0, 0.1) is 0 Å². The van der Waals surface area contributed by atoms with E-state index in [1.807, 2.05) is 0 Å². The van der Waals surface area contributed by atoms with Gasteiger partial charge in [-0.25, -0.2) is 0 Å². The Balaban J connectivity index is 0. The molecule has 46 valence electrons. The molecule has 8 heavy (non-hydrogen) atoms. The van der Waals surface area contributed by atoms with Gasteiger partial charge in [0.1, 0.15) is 0 Å². The van der Waals surface area contributed by atoms with Crippen molar-refractivity contribution >= 4 is 0 Å². The van der Waals surface area contributed by atoms with Crippen molar-refractivity contribution in [3.8, 4) is 0 Å². The van der Waals surface area contributed by atoms with E-state index in [0.717, 1.165) is 0 Å². The third-order valence-corrected chi connectivity index (χ3v) is 0.957. The Bertz CT molecular complexity index is 27.7. The molecule has 0 aromatic rings. The van der Waals surface area contributed by atoms with Gasteiger partial charge in [0.2, 0.25) is 0 Å². The molecule has 0 bridgehead atoms. The van der Waals surface area contributed by atoms with Crippen LogP contribution in [-0.2, 0) is 21.8 Å². The molecule has 0 N–H and O–H groups in total. The van der Waals surface area contributed by atoms with Crippen LogP contribution in [0.5, 0.6) is 0 Å². The average molecular weight is 168 g/mol. The molecule has 1 nitrogen and oxygen atoms in total. The molecule has 0 atom stereocenters. The summed E-state index contributed by atoms with van der Waals surface area (Å²) in [7, 11) is 0. The normalized spacial score (nSPS) is 7.50. The predicted octanol–water partition coefficient (Wildman–Crippen LogP) is 2.47. The van der Waals surface area contributed by atoms with Gasteiger partial charge in [0.25, 0.3) is 0 Å². The summed E-state index contributed by atoms with van der Waals surface area (Å²) in [6.07, 6.45) is 5.54. The summed E-state index contributed by atoms with van der Waals surface area (Å²) in [5.74, 6) is 0. The molecule has 0 saturated carbocycles. The summed E-state index contributed by atoms with van der Waals surface area (Å²) in [5.41, 5.74) is 0. The van der Waals surface area contributed by atoms with Gasteiger partial charge in [-0.1, -0.05) is 39.5 Å². The Morgan fingerprint density at radius 1 is 1.00 bits per heavy atom. The van der Waals surface area contributed by atoms with Crippen LogP contribution in [0.4, 0.5) is 0 Å². The van der Waals surface area contributed by atoms with Crippen LogP contribution < -0.4 is 0 Å². The Morgan fingerprint density at radius 3 is 1.38 bits per heavy atom. The molecular weight excluding hydrogens is 153 g/mol. The van der Waals surface area contributed by atoms with Crippen molar-refractivity contribution in [1.29, 1.82) is 0 Å². The molecule has 0 unspecified atom stereocenters. The molecule has 0 heterocycles. The van der Waals surface area contributed by atoms with E-state index in [1.54, 1.807) is 0 Å². The monoisotopic (exact) mass is 166 g/mol. The molecule has 0 aliphatic rings. The van der Waals surface area contributed by atoms with E-state index in [0.29, 0.717) is 0 Å². The van der Waals surface area contributed by atoms with Gasteiger partial charge in [-0.15, -0.1) is 0 Å². The first-order chi connectivity index (χ1) is 3.91. The van der Waals surface area contributed by atoms with Crippen molar-refractivity contribution in [3.63, 3.8) is 0 Å². The summed E-state index contributed by atoms with van der Waals surface area (Å²) in [6, 6.07) is 0. The molecule has 0 radical (unpaired) electrons. The fraction of sp³-hybridized carbons (Fsp3) is 1.00. The van der Waals surface area contributed by atoms with Crippen LogP contribution in [0.1, 0.15) is 39.5 Å². The zero-order chi connectivity index (χ0) is 6.83. The van der Waals surface area contributed by atoms with Gasteiger partial charge in [-0.2, -0.15) is 0 Å². The van der Waals surface area contributed by atoms with E-state index in [9.17, 15) is 0 Å². The fourth-order valence-corrected chi connectivity index (χ4v) is 0.500. The van der Waals surface area contributed by atoms with E-state index in [1.165, 1.54) is 25.7 Å². The molecule has 0 saturated heterocycles. The Hall–Kier alpha value is 0.423. The Kier molecular flexibility index (Phi) is 22.0. The summed E-state index contributed by atoms with van der Waals surface area (Å²) in [4.78, 5) is 0. The van der Waals surface area contributed by atoms with Crippen molar-refractivity contribution in [2.45, 2.75) is 39.5 Å². The standard InChI is InChI=1S/C6H14.O.Zn/c1-3-5-6-4-2;;/h3-6H2,1-2H3;;. The Morgan fingerprint density at radius 2 is 1.25 bits per heavy atom. The Labute approximate surface area is 61.8 Å². The molecule has 0 rings (SSSR count). The maximum absolute atomic E-state index is 8.38. The molecule has 0 aliphatic carbocycles. The van der Waals surface area contributed by atoms with E-state index in [4.69, 9.17) is 3.57 Å². The SMILES string of the molecule is CCCCCC.[O]=[Zn]. The van der Waals surface area contributed by atoms with Gasteiger partial charge in [-0.05, 0) is 0 Å². The molecule has 0 aromatic heterocycles. The van der Waals surface area contributed by atoms with Crippen molar-refractivity contribution < 1.29 is 21.8 Å². The first kappa shape index (κ1) is 11.3. The third-order valence-electron chi connectivity index (χ3n) is 0.957. The van der Waals surface area contributed by atoms with Crippen LogP contribution in [0.2, 0.25) is 0 Å². The van der Waals surface area contributed by atoms with Crippen LogP contribution >= 0.6 is 0 Å². The second-order valence-electron chi connectivity index (χ2n) is 1.71. The molecular formula is C6H14OZn. The molecule has 0 spiro atoms. The molecule has 0 amide bonds. The summed E-state index contributed by atoms with van der Waals surface area (Å²) in [6.45, 7) is 4.46. The second kappa shape index (κ2) is 15.7. The van der Waals surface area contributed by atoms with Gasteiger partial charge >= 0.3 is 21.8 Å². The first-order valence-corrected chi connectivity index (χ1v) is 4.41. The zero-order valence-corrected chi connectivity index (χ0v) is 8.91. The van der Waals surface area contributed by atoms with Crippen molar-refractivity contribution in [2.75, 3.05) is 0 Å². The van der Waals surface area contributed by atoms with Crippen molar-refractivity contribution in [1.82, 2.24) is 0 Å². The number of rotatable bonds is 3. The summed E-state index contributed by atoms with van der Waals surface area (Å²) in [5, 5.41) is 0. The van der Waals surface area contributed by atoms with Gasteiger partial charge in [0.15, 0.2) is 0 Å². The van der Waals surface area contributed by atoms with Gasteiger partial charge in [0.05, 0.1) is 0 Å². The van der Waals surface area contributed by atoms with E-state index in [-0.39, 0.29) is 18.3 Å². The fourth-order valence-electron chi connectivity index (χ4n) is 0.500. The van der Waals surface area contributed by atoms with Gasteiger partial charge in [-0.3, -0.25) is 0 Å². The third kappa shape index (κ3) is 16.1. The van der Waals surface area contributed by atoms with Crippen LogP contribution in [0.3, 0.4) is 0 Å². The van der Waals surface area contributed by atoms with Crippen molar-refractivity contribution in [3.05, 3.63) is 0 Å². The summed E-state index contributed by atoms with van der Waals surface area (Å²) < 4.78 is 8.38. The minimum absolute atomic E-state index is 0.125. The average Bonchev–Trinajstić information content (AvgIpc) is 1.88. The second-order valence-corrected chi connectivity index (χ2v) is 1.71. The minimum atomic E-state index is 0.125. The predicted molar refractivity (Wildman–Crippen MR) is 30.5 cm³/mol. The van der Waals surface area contributed by atoms with Gasteiger partial charge in [0, 0.05) is 0 Å². The van der Waals surface area contributed by atoms with E-state index < -0.39 is 0 Å². The van der Waals surface area contributed by atoms with Gasteiger partial charge < -0.3 is 0 Å². The summed E-state index contributed by atoms with van der Waals surface area (Å²) >= 11 is 0.125. The number of hydrogen-bond acceptors (Lipinski definition) is 1. The number of hydrogen-bond donors (Lipinski definition) is 0. The van der Waals surface area contributed by atoms with E-state index in [2.05, 4.69) is 13.8 Å². The molecule has 0 aliphatic heterocycles. The first-order valence-electron chi connectivity index (χ1n) is 3.20. The van der Waals surface area contributed by atoms with E-state index >= 15 is 0 Å². The quantitative estimate of drug-likeness (QED) is 0.466. The zero-order valence-electron chi connectivity index (χ0n) is 5.94. The van der Waals surface area contributed by atoms with Crippen LogP contribution in [-0.4, -0.2) is 0 Å². The van der Waals surface area contributed by atoms with Crippen LogP contribution in [0.25, 0.3) is 0 Å². The number of unbranched alkanes of at least 4 members (excludes halogenated alkanes) is 3. The molecule has 2 heteroatoms. The van der Waals surface area contributed by atoms with Crippen LogP contribution in [0.15, 0.2) is 0 Å². The molecule has 0 aromatic carbocycles. The topological polar surface area (TPSA) is 17.1 Å².